The first-order valence-corrected chi connectivity index (χ1v) is 9.55. The summed E-state index contributed by atoms with van der Waals surface area (Å²) in [5.74, 6) is 1.35. The standard InChI is InChI=1S/C22H24N2O3/c25-21(9-11-24-15-18-6-1-3-7-19(18)22(24)26)23-14-16-10-12-27-20-8-4-2-5-17(20)13-16/h1-8,16H,9-15H2,(H,23,25)/t16-/m0/s1. The second-order valence-corrected chi connectivity index (χ2v) is 7.25. The molecule has 27 heavy (non-hydrogen) atoms. The summed E-state index contributed by atoms with van der Waals surface area (Å²) in [5, 5.41) is 3.04. The van der Waals surface area contributed by atoms with E-state index in [2.05, 4.69) is 11.4 Å². The molecule has 0 unspecified atom stereocenters. The van der Waals surface area contributed by atoms with E-state index in [1.807, 2.05) is 42.5 Å². The van der Waals surface area contributed by atoms with Gasteiger partial charge in [-0.1, -0.05) is 36.4 Å². The predicted octanol–water partition coefficient (Wildman–Crippen LogP) is 2.79. The molecule has 2 aromatic rings. The van der Waals surface area contributed by atoms with Crippen LogP contribution in [0.25, 0.3) is 0 Å². The molecular weight excluding hydrogens is 340 g/mol. The first kappa shape index (κ1) is 17.6. The van der Waals surface area contributed by atoms with Crippen LogP contribution < -0.4 is 10.1 Å². The van der Waals surface area contributed by atoms with E-state index in [0.717, 1.165) is 29.7 Å². The van der Waals surface area contributed by atoms with Gasteiger partial charge in [-0.05, 0) is 42.0 Å². The van der Waals surface area contributed by atoms with E-state index in [1.165, 1.54) is 5.56 Å². The molecule has 2 aliphatic heterocycles. The first-order chi connectivity index (χ1) is 13.2. The van der Waals surface area contributed by atoms with Crippen LogP contribution in [0.5, 0.6) is 5.75 Å². The second kappa shape index (κ2) is 7.82. The summed E-state index contributed by atoms with van der Waals surface area (Å²) in [4.78, 5) is 26.4. The molecule has 1 N–H and O–H groups in total. The summed E-state index contributed by atoms with van der Waals surface area (Å²) in [6.07, 6.45) is 2.17. The second-order valence-electron chi connectivity index (χ2n) is 7.25. The minimum Gasteiger partial charge on any atom is -0.493 e. The molecule has 5 heteroatoms. The zero-order valence-electron chi connectivity index (χ0n) is 15.3. The molecule has 2 heterocycles. The fraction of sp³-hybridized carbons (Fsp3) is 0.364. The molecule has 2 aromatic carbocycles. The van der Waals surface area contributed by atoms with Crippen LogP contribution in [0, 0.1) is 5.92 Å². The van der Waals surface area contributed by atoms with Gasteiger partial charge >= 0.3 is 0 Å². The van der Waals surface area contributed by atoms with Gasteiger partial charge in [0.25, 0.3) is 5.91 Å². The highest BCUT2D eigenvalue weighted by Gasteiger charge is 2.27. The van der Waals surface area contributed by atoms with Crippen molar-refractivity contribution in [2.75, 3.05) is 19.7 Å². The molecule has 140 valence electrons. The molecule has 0 fully saturated rings. The summed E-state index contributed by atoms with van der Waals surface area (Å²) in [6, 6.07) is 15.7. The van der Waals surface area contributed by atoms with Gasteiger partial charge in [-0.25, -0.2) is 0 Å². The Morgan fingerprint density at radius 3 is 2.74 bits per heavy atom. The highest BCUT2D eigenvalue weighted by molar-refractivity contribution is 5.98. The Hall–Kier alpha value is -2.82. The van der Waals surface area contributed by atoms with Crippen molar-refractivity contribution in [3.63, 3.8) is 0 Å². The average Bonchev–Trinajstić information content (AvgIpc) is 2.87. The summed E-state index contributed by atoms with van der Waals surface area (Å²) < 4.78 is 5.79. The van der Waals surface area contributed by atoms with Crippen LogP contribution in [-0.2, 0) is 17.8 Å². The van der Waals surface area contributed by atoms with Crippen LogP contribution in [0.1, 0.15) is 34.3 Å². The highest BCUT2D eigenvalue weighted by Crippen LogP contribution is 2.26. The van der Waals surface area contributed by atoms with E-state index < -0.39 is 0 Å². The largest absolute Gasteiger partial charge is 0.493 e. The number of carbonyl (C=O) groups excluding carboxylic acids is 2. The number of carbonyl (C=O) groups is 2. The lowest BCUT2D eigenvalue weighted by molar-refractivity contribution is -0.121. The third kappa shape index (κ3) is 3.97. The molecule has 0 aromatic heterocycles. The molecule has 5 nitrogen and oxygen atoms in total. The maximum Gasteiger partial charge on any atom is 0.254 e. The molecule has 0 saturated carbocycles. The molecular formula is C22H24N2O3. The summed E-state index contributed by atoms with van der Waals surface area (Å²) in [7, 11) is 0. The van der Waals surface area contributed by atoms with Crippen LogP contribution in [0.4, 0.5) is 0 Å². The van der Waals surface area contributed by atoms with Crippen LogP contribution in [0.2, 0.25) is 0 Å². The van der Waals surface area contributed by atoms with Crippen molar-refractivity contribution in [1.29, 1.82) is 0 Å². The van der Waals surface area contributed by atoms with E-state index in [4.69, 9.17) is 4.74 Å². The topological polar surface area (TPSA) is 58.6 Å². The third-order valence-electron chi connectivity index (χ3n) is 5.36. The molecule has 0 aliphatic carbocycles. The minimum atomic E-state index is -0.00259. The Labute approximate surface area is 159 Å². The smallest absolute Gasteiger partial charge is 0.254 e. The van der Waals surface area contributed by atoms with Crippen molar-refractivity contribution in [3.8, 4) is 5.75 Å². The third-order valence-corrected chi connectivity index (χ3v) is 5.36. The van der Waals surface area contributed by atoms with E-state index in [1.54, 1.807) is 4.90 Å². The van der Waals surface area contributed by atoms with Gasteiger partial charge in [0.1, 0.15) is 5.75 Å². The van der Waals surface area contributed by atoms with E-state index >= 15 is 0 Å². The monoisotopic (exact) mass is 364 g/mol. The Bertz CT molecular complexity index is 849. The van der Waals surface area contributed by atoms with Crippen LogP contribution in [0.15, 0.2) is 48.5 Å². The fourth-order valence-electron chi connectivity index (χ4n) is 3.81. The molecule has 0 saturated heterocycles. The van der Waals surface area contributed by atoms with Gasteiger partial charge in [-0.15, -0.1) is 0 Å². The van der Waals surface area contributed by atoms with Gasteiger partial charge in [0, 0.05) is 31.6 Å². The van der Waals surface area contributed by atoms with E-state index in [-0.39, 0.29) is 11.8 Å². The number of hydrogen-bond donors (Lipinski definition) is 1. The minimum absolute atomic E-state index is 0.00259. The zero-order valence-corrected chi connectivity index (χ0v) is 15.3. The zero-order chi connectivity index (χ0) is 18.6. The van der Waals surface area contributed by atoms with Gasteiger partial charge in [0.2, 0.25) is 5.91 Å². The number of fused-ring (bicyclic) bond motifs is 2. The van der Waals surface area contributed by atoms with Gasteiger partial charge in [0.05, 0.1) is 6.61 Å². The number of nitrogens with one attached hydrogen (secondary N) is 1. The fourth-order valence-corrected chi connectivity index (χ4v) is 3.81. The highest BCUT2D eigenvalue weighted by atomic mass is 16.5. The van der Waals surface area contributed by atoms with Gasteiger partial charge in [-0.3, -0.25) is 9.59 Å². The van der Waals surface area contributed by atoms with Crippen molar-refractivity contribution in [3.05, 3.63) is 65.2 Å². The molecule has 0 bridgehead atoms. The van der Waals surface area contributed by atoms with E-state index in [9.17, 15) is 9.59 Å². The van der Waals surface area contributed by atoms with E-state index in [0.29, 0.717) is 38.6 Å². The summed E-state index contributed by atoms with van der Waals surface area (Å²) >= 11 is 0. The summed E-state index contributed by atoms with van der Waals surface area (Å²) in [6.45, 7) is 2.37. The number of para-hydroxylation sites is 1. The number of ether oxygens (including phenoxy) is 1. The number of benzene rings is 2. The normalized spacial score (nSPS) is 18.3. The molecule has 1 atom stereocenters. The van der Waals surface area contributed by atoms with Crippen LogP contribution in [0.3, 0.4) is 0 Å². The number of nitrogens with zero attached hydrogens (tertiary/aromatic N) is 1. The Morgan fingerprint density at radius 1 is 1.11 bits per heavy atom. The van der Waals surface area contributed by atoms with Gasteiger partial charge < -0.3 is 15.0 Å². The average molecular weight is 364 g/mol. The van der Waals surface area contributed by atoms with Gasteiger partial charge in [0.15, 0.2) is 0 Å². The lowest BCUT2D eigenvalue weighted by Gasteiger charge is -2.17. The molecule has 0 radical (unpaired) electrons. The molecule has 2 amide bonds. The van der Waals surface area contributed by atoms with Crippen LogP contribution in [-0.4, -0.2) is 36.4 Å². The van der Waals surface area contributed by atoms with Crippen molar-refractivity contribution in [2.24, 2.45) is 5.92 Å². The van der Waals surface area contributed by atoms with Crippen molar-refractivity contribution in [2.45, 2.75) is 25.8 Å². The molecule has 4 rings (SSSR count). The maximum atomic E-state index is 12.3. The van der Waals surface area contributed by atoms with Crippen molar-refractivity contribution in [1.82, 2.24) is 10.2 Å². The quantitative estimate of drug-likeness (QED) is 0.888. The maximum absolute atomic E-state index is 12.3. The SMILES string of the molecule is O=C(CCN1Cc2ccccc2C1=O)NC[C@H]1CCOc2ccccc2C1. The molecule has 0 spiro atoms. The van der Waals surface area contributed by atoms with Crippen molar-refractivity contribution < 1.29 is 14.3 Å². The number of hydrogen-bond acceptors (Lipinski definition) is 3. The number of amides is 2. The van der Waals surface area contributed by atoms with Gasteiger partial charge in [-0.2, -0.15) is 0 Å². The van der Waals surface area contributed by atoms with Crippen LogP contribution >= 0.6 is 0 Å². The Kier molecular flexibility index (Phi) is 5.10. The Balaban J connectivity index is 1.24. The summed E-state index contributed by atoms with van der Waals surface area (Å²) in [5.41, 5.74) is 3.00. The molecule has 2 aliphatic rings. The first-order valence-electron chi connectivity index (χ1n) is 9.55. The predicted molar refractivity (Wildman–Crippen MR) is 103 cm³/mol. The van der Waals surface area contributed by atoms with Crippen molar-refractivity contribution >= 4 is 11.8 Å². The lowest BCUT2D eigenvalue weighted by Crippen LogP contribution is -2.34. The number of rotatable bonds is 5. The Morgan fingerprint density at radius 2 is 1.89 bits per heavy atom. The lowest BCUT2D eigenvalue weighted by atomic mass is 9.97.